The van der Waals surface area contributed by atoms with Crippen molar-refractivity contribution in [2.24, 2.45) is 0 Å². The van der Waals surface area contributed by atoms with Crippen molar-refractivity contribution in [1.29, 1.82) is 0 Å². The van der Waals surface area contributed by atoms with Crippen LogP contribution in [0.5, 0.6) is 11.5 Å². The number of rotatable bonds is 8. The van der Waals surface area contributed by atoms with Crippen LogP contribution in [0.15, 0.2) is 17.0 Å². The molecule has 0 N–H and O–H groups in total. The van der Waals surface area contributed by atoms with Crippen molar-refractivity contribution < 1.29 is 48.3 Å². The minimum Gasteiger partial charge on any atom is -0.489 e. The van der Waals surface area contributed by atoms with Crippen molar-refractivity contribution in [2.75, 3.05) is 31.2 Å². The van der Waals surface area contributed by atoms with Crippen LogP contribution in [-0.2, 0) is 20.0 Å². The van der Waals surface area contributed by atoms with E-state index in [4.69, 9.17) is 9.47 Å². The highest BCUT2D eigenvalue weighted by Crippen LogP contribution is 2.47. The third-order valence-electron chi connectivity index (χ3n) is 4.65. The summed E-state index contributed by atoms with van der Waals surface area (Å²) in [7, 11) is -12.4. The van der Waals surface area contributed by atoms with E-state index in [-0.39, 0.29) is 26.3 Å². The number of hydrogen-bond acceptors (Lipinski definition) is 7. The number of benzene rings is 1. The van der Waals surface area contributed by atoms with Crippen LogP contribution in [0, 0.1) is 11.6 Å². The van der Waals surface area contributed by atoms with E-state index in [2.05, 4.69) is 0 Å². The van der Waals surface area contributed by atoms with Gasteiger partial charge in [-0.05, 0) is 39.5 Å². The molecule has 1 aliphatic heterocycles. The summed E-state index contributed by atoms with van der Waals surface area (Å²) >= 11 is 0. The summed E-state index contributed by atoms with van der Waals surface area (Å²) in [6, 6.07) is 0. The number of halogens is 5. The fourth-order valence-corrected chi connectivity index (χ4v) is 5.77. The van der Waals surface area contributed by atoms with Crippen molar-refractivity contribution >= 4 is 25.7 Å². The molecule has 0 fully saturated rings. The van der Waals surface area contributed by atoms with E-state index in [1.165, 1.54) is 18.7 Å². The lowest BCUT2D eigenvalue weighted by molar-refractivity contribution is -0.0425. The van der Waals surface area contributed by atoms with Gasteiger partial charge in [-0.1, -0.05) is 12.2 Å². The quantitative estimate of drug-likeness (QED) is 0.354. The van der Waals surface area contributed by atoms with Gasteiger partial charge in [0, 0.05) is 13.1 Å². The summed E-state index contributed by atoms with van der Waals surface area (Å²) in [4.78, 5) is -0.276. The smallest absolute Gasteiger partial charge is 0.480 e. The zero-order valence-electron chi connectivity index (χ0n) is 18.4. The molecular formula is C19H24F5N2O6S2-. The average molecular weight is 536 g/mol. The number of anilines is 1. The van der Waals surface area contributed by atoms with Crippen LogP contribution >= 0.6 is 0 Å². The Kier molecular flexibility index (Phi) is 9.16. The number of allylic oxidation sites excluding steroid dienone is 1. The first-order valence-corrected chi connectivity index (χ1v) is 13.2. The molecule has 0 atom stereocenters. The van der Waals surface area contributed by atoms with E-state index >= 15 is 8.78 Å². The molecule has 0 aliphatic carbocycles. The molecular weight excluding hydrogens is 511 g/mol. The molecule has 34 heavy (non-hydrogen) atoms. The lowest BCUT2D eigenvalue weighted by Crippen LogP contribution is -2.30. The molecule has 0 saturated carbocycles. The number of alkyl halides is 3. The molecule has 1 aromatic rings. The maximum Gasteiger partial charge on any atom is 0.480 e. The summed E-state index contributed by atoms with van der Waals surface area (Å²) < 4.78 is 130. The van der Waals surface area contributed by atoms with E-state index in [0.29, 0.717) is 25.7 Å². The fraction of sp³-hybridized carbons (Fsp3) is 0.579. The van der Waals surface area contributed by atoms with Crippen LogP contribution in [-0.4, -0.2) is 48.6 Å². The first-order chi connectivity index (χ1) is 15.8. The maximum atomic E-state index is 15.6. The van der Waals surface area contributed by atoms with E-state index in [1.54, 1.807) is 6.08 Å². The lowest BCUT2D eigenvalue weighted by Gasteiger charge is -2.32. The van der Waals surface area contributed by atoms with Gasteiger partial charge < -0.3 is 18.5 Å². The first kappa shape index (κ1) is 28.1. The standard InChI is InChI=1S/C19H24F5N2O6S2/c1-3-31-16-13(20)15(26-11-9-7-5-6-8-10-12-26)18(17(14(16)21)32-4-2)33(27,28)25-34(29,30)19(22,23)24/h5,7H,3-4,6,8-12H2,1-2H3/q-1/b7-5-. The highest BCUT2D eigenvalue weighted by molar-refractivity contribution is 8.12. The zero-order valence-corrected chi connectivity index (χ0v) is 20.0. The summed E-state index contributed by atoms with van der Waals surface area (Å²) in [5, 5.41) is 0. The average Bonchev–Trinajstić information content (AvgIpc) is 2.85. The molecule has 0 saturated heterocycles. The van der Waals surface area contributed by atoms with Crippen molar-refractivity contribution in [3.8, 4) is 11.5 Å². The van der Waals surface area contributed by atoms with Crippen molar-refractivity contribution in [3.63, 3.8) is 0 Å². The molecule has 1 aliphatic rings. The summed E-state index contributed by atoms with van der Waals surface area (Å²) in [6.07, 6.45) is 5.65. The monoisotopic (exact) mass is 535 g/mol. The summed E-state index contributed by atoms with van der Waals surface area (Å²) in [6.45, 7) is 2.12. The van der Waals surface area contributed by atoms with Gasteiger partial charge in [0.25, 0.3) is 0 Å². The van der Waals surface area contributed by atoms with Gasteiger partial charge in [-0.25, -0.2) is 21.2 Å². The van der Waals surface area contributed by atoms with E-state index in [0.717, 1.165) is 0 Å². The Morgan fingerprint density at radius 2 is 1.50 bits per heavy atom. The van der Waals surface area contributed by atoms with Gasteiger partial charge >= 0.3 is 5.51 Å². The predicted molar refractivity (Wildman–Crippen MR) is 114 cm³/mol. The van der Waals surface area contributed by atoms with E-state index < -0.39 is 59.3 Å². The molecule has 0 amide bonds. The second-order valence-corrected chi connectivity index (χ2v) is 10.4. The second-order valence-electron chi connectivity index (χ2n) is 7.04. The number of nitrogens with zero attached hydrogens (tertiary/aromatic N) is 2. The van der Waals surface area contributed by atoms with Gasteiger partial charge in [0.05, 0.1) is 18.9 Å². The minimum absolute atomic E-state index is 0.00920. The summed E-state index contributed by atoms with van der Waals surface area (Å²) in [5.74, 6) is -5.36. The fourth-order valence-electron chi connectivity index (χ4n) is 3.25. The molecule has 194 valence electrons. The molecule has 0 aromatic heterocycles. The van der Waals surface area contributed by atoms with E-state index in [9.17, 15) is 30.0 Å². The van der Waals surface area contributed by atoms with Crippen LogP contribution in [0.2, 0.25) is 0 Å². The van der Waals surface area contributed by atoms with Crippen LogP contribution < -0.4 is 14.4 Å². The Balaban J connectivity index is 2.89. The largest absolute Gasteiger partial charge is 0.489 e. The van der Waals surface area contributed by atoms with Gasteiger partial charge in [-0.15, -0.1) is 0 Å². The molecule has 15 heteroatoms. The van der Waals surface area contributed by atoms with Gasteiger partial charge in [-0.3, -0.25) is 0 Å². The Bertz CT molecular complexity index is 1120. The van der Waals surface area contributed by atoms with Crippen LogP contribution in [0.1, 0.15) is 39.5 Å². The minimum atomic E-state index is -6.57. The molecule has 8 nitrogen and oxygen atoms in total. The molecule has 1 heterocycles. The number of ether oxygens (including phenoxy) is 2. The van der Waals surface area contributed by atoms with Crippen LogP contribution in [0.3, 0.4) is 0 Å². The molecule has 0 unspecified atom stereocenters. The Labute approximate surface area is 194 Å². The SMILES string of the molecule is CCOc1c(F)c(OCC)c(S(=O)(=O)[N-]S(=O)(=O)C(F)(F)F)c(N2CC/C=C\CCCC2)c1F. The van der Waals surface area contributed by atoms with Gasteiger partial charge in [0.2, 0.25) is 5.82 Å². The highest BCUT2D eigenvalue weighted by atomic mass is 32.3. The lowest BCUT2D eigenvalue weighted by atomic mass is 10.2. The van der Waals surface area contributed by atoms with Gasteiger partial charge in [-0.2, -0.15) is 17.6 Å². The van der Waals surface area contributed by atoms with Crippen molar-refractivity contribution in [3.05, 3.63) is 27.9 Å². The van der Waals surface area contributed by atoms with Crippen LogP contribution in [0.25, 0.3) is 4.13 Å². The molecule has 0 spiro atoms. The Morgan fingerprint density at radius 3 is 2.09 bits per heavy atom. The first-order valence-electron chi connectivity index (χ1n) is 10.3. The topological polar surface area (TPSA) is 104 Å². The molecule has 1 aromatic carbocycles. The van der Waals surface area contributed by atoms with Crippen molar-refractivity contribution in [1.82, 2.24) is 0 Å². The van der Waals surface area contributed by atoms with Crippen molar-refractivity contribution in [2.45, 2.75) is 49.9 Å². The van der Waals surface area contributed by atoms with Gasteiger partial charge in [0.15, 0.2) is 27.3 Å². The highest BCUT2D eigenvalue weighted by Gasteiger charge is 2.42. The van der Waals surface area contributed by atoms with Crippen LogP contribution in [0.4, 0.5) is 27.6 Å². The Hall–Kier alpha value is -2.13. The summed E-state index contributed by atoms with van der Waals surface area (Å²) in [5.41, 5.74) is -6.93. The van der Waals surface area contributed by atoms with Gasteiger partial charge in [0.1, 0.15) is 14.9 Å². The number of sulfonamides is 2. The Morgan fingerprint density at radius 1 is 0.912 bits per heavy atom. The predicted octanol–water partition coefficient (Wildman–Crippen LogP) is 4.61. The maximum absolute atomic E-state index is 15.6. The third-order valence-corrected chi connectivity index (χ3v) is 7.70. The normalized spacial score (nSPS) is 17.0. The number of hydrogen-bond donors (Lipinski definition) is 0. The third kappa shape index (κ3) is 6.10. The molecule has 0 bridgehead atoms. The molecule has 2 rings (SSSR count). The van der Waals surface area contributed by atoms with E-state index in [1.807, 2.05) is 10.2 Å². The molecule has 0 radical (unpaired) electrons. The second kappa shape index (κ2) is 11.1. The zero-order chi connectivity index (χ0) is 25.7.